The van der Waals surface area contributed by atoms with Gasteiger partial charge in [-0.25, -0.2) is 4.98 Å². The third kappa shape index (κ3) is 6.80. The lowest BCUT2D eigenvalue weighted by atomic mass is 10.1. The molecule has 0 saturated carbocycles. The van der Waals surface area contributed by atoms with E-state index in [0.717, 1.165) is 69.3 Å². The molecule has 2 aliphatic heterocycles. The fourth-order valence-corrected chi connectivity index (χ4v) is 4.91. The van der Waals surface area contributed by atoms with Crippen LogP contribution >= 0.6 is 0 Å². The Hall–Kier alpha value is -2.97. The summed E-state index contributed by atoms with van der Waals surface area (Å²) in [7, 11) is 2.09. The smallest absolute Gasteiger partial charge is 0.224 e. The van der Waals surface area contributed by atoms with E-state index >= 15 is 0 Å². The molecule has 0 radical (unpaired) electrons. The monoisotopic (exact) mass is 478 g/mol. The van der Waals surface area contributed by atoms with Crippen LogP contribution in [-0.4, -0.2) is 97.4 Å². The number of rotatable bonds is 4. The van der Waals surface area contributed by atoms with Crippen LogP contribution in [0.25, 0.3) is 0 Å². The highest BCUT2D eigenvalue weighted by Crippen LogP contribution is 2.24. The van der Waals surface area contributed by atoms with Crippen LogP contribution in [0, 0.1) is 0 Å². The van der Waals surface area contributed by atoms with Crippen molar-refractivity contribution in [2.24, 2.45) is 0 Å². The highest BCUT2D eigenvalue weighted by Gasteiger charge is 2.23. The van der Waals surface area contributed by atoms with Gasteiger partial charge >= 0.3 is 0 Å². The molecule has 0 bridgehead atoms. The SMILES string of the molecule is CC(=O)N1CCCN(C)CCN(C(=O)CCN2CCN(c3ccccn3)CC2)Cc2ccccc21. The molecule has 0 aliphatic carbocycles. The first-order valence-electron chi connectivity index (χ1n) is 12.7. The van der Waals surface area contributed by atoms with E-state index in [1.807, 2.05) is 52.4 Å². The Bertz CT molecular complexity index is 977. The van der Waals surface area contributed by atoms with E-state index in [-0.39, 0.29) is 11.8 Å². The summed E-state index contributed by atoms with van der Waals surface area (Å²) in [5.41, 5.74) is 1.96. The molecule has 35 heavy (non-hydrogen) atoms. The van der Waals surface area contributed by atoms with Gasteiger partial charge in [0.25, 0.3) is 0 Å². The molecule has 2 aromatic rings. The van der Waals surface area contributed by atoms with E-state index in [9.17, 15) is 9.59 Å². The molecule has 188 valence electrons. The molecule has 0 N–H and O–H groups in total. The number of amides is 2. The van der Waals surface area contributed by atoms with Crippen molar-refractivity contribution < 1.29 is 9.59 Å². The Labute approximate surface area is 209 Å². The summed E-state index contributed by atoms with van der Waals surface area (Å²) in [6.45, 7) is 9.74. The van der Waals surface area contributed by atoms with Crippen LogP contribution in [0.3, 0.4) is 0 Å². The zero-order valence-electron chi connectivity index (χ0n) is 21.1. The summed E-state index contributed by atoms with van der Waals surface area (Å²) in [5, 5.41) is 0. The van der Waals surface area contributed by atoms with Crippen molar-refractivity contribution in [3.8, 4) is 0 Å². The number of para-hydroxylation sites is 1. The zero-order valence-corrected chi connectivity index (χ0v) is 21.1. The first-order valence-corrected chi connectivity index (χ1v) is 12.7. The number of aromatic nitrogens is 1. The molecule has 0 atom stereocenters. The number of nitrogens with zero attached hydrogens (tertiary/aromatic N) is 6. The van der Waals surface area contributed by atoms with Gasteiger partial charge in [0, 0.05) is 84.1 Å². The van der Waals surface area contributed by atoms with Crippen molar-refractivity contribution in [3.05, 3.63) is 54.2 Å². The Kier molecular flexibility index (Phi) is 8.71. The molecule has 8 heteroatoms. The number of anilines is 2. The maximum Gasteiger partial charge on any atom is 0.224 e. The van der Waals surface area contributed by atoms with Gasteiger partial charge in [0.2, 0.25) is 11.8 Å². The summed E-state index contributed by atoms with van der Waals surface area (Å²) in [6.07, 6.45) is 3.25. The Morgan fingerprint density at radius 1 is 0.886 bits per heavy atom. The Balaban J connectivity index is 1.38. The van der Waals surface area contributed by atoms with Gasteiger partial charge in [-0.2, -0.15) is 0 Å². The molecule has 3 heterocycles. The van der Waals surface area contributed by atoms with Crippen LogP contribution in [0.5, 0.6) is 0 Å². The zero-order chi connectivity index (χ0) is 24.6. The van der Waals surface area contributed by atoms with Crippen molar-refractivity contribution >= 4 is 23.3 Å². The highest BCUT2D eigenvalue weighted by atomic mass is 16.2. The topological polar surface area (TPSA) is 63.2 Å². The molecule has 1 fully saturated rings. The summed E-state index contributed by atoms with van der Waals surface area (Å²) in [6, 6.07) is 14.0. The lowest BCUT2D eigenvalue weighted by Gasteiger charge is -2.35. The molecule has 1 aromatic carbocycles. The van der Waals surface area contributed by atoms with E-state index in [1.54, 1.807) is 6.92 Å². The van der Waals surface area contributed by atoms with Gasteiger partial charge in [0.05, 0.1) is 0 Å². The maximum atomic E-state index is 13.4. The molecule has 8 nitrogen and oxygen atoms in total. The summed E-state index contributed by atoms with van der Waals surface area (Å²) in [4.78, 5) is 41.0. The molecule has 4 rings (SSSR count). The maximum absolute atomic E-state index is 13.4. The summed E-state index contributed by atoms with van der Waals surface area (Å²) >= 11 is 0. The van der Waals surface area contributed by atoms with E-state index in [1.165, 1.54) is 0 Å². The van der Waals surface area contributed by atoms with Crippen molar-refractivity contribution in [2.75, 3.05) is 75.8 Å². The number of carbonyl (C=O) groups is 2. The Morgan fingerprint density at radius 2 is 1.66 bits per heavy atom. The van der Waals surface area contributed by atoms with E-state index < -0.39 is 0 Å². The lowest BCUT2D eigenvalue weighted by Crippen LogP contribution is -2.47. The largest absolute Gasteiger partial charge is 0.354 e. The standard InChI is InChI=1S/C27H38N6O2/c1-23(34)33-14-7-13-29(2)16-19-32(22-24-8-3-4-9-25(24)33)27(35)11-15-30-17-20-31(21-18-30)26-10-5-6-12-28-26/h3-6,8-10,12H,7,11,13-22H2,1-2H3. The second-order valence-electron chi connectivity index (χ2n) is 9.54. The van der Waals surface area contributed by atoms with E-state index in [0.29, 0.717) is 26.1 Å². The fourth-order valence-electron chi connectivity index (χ4n) is 4.91. The number of likely N-dealkylation sites (N-methyl/N-ethyl adjacent to an activating group) is 1. The minimum Gasteiger partial charge on any atom is -0.354 e. The van der Waals surface area contributed by atoms with Crippen LogP contribution in [0.1, 0.15) is 25.3 Å². The molecule has 0 spiro atoms. The van der Waals surface area contributed by atoms with Gasteiger partial charge in [-0.05, 0) is 43.8 Å². The fraction of sp³-hybridized carbons (Fsp3) is 0.519. The number of pyridine rings is 1. The normalized spacial score (nSPS) is 18.6. The van der Waals surface area contributed by atoms with E-state index in [2.05, 4.69) is 32.8 Å². The molecule has 1 aromatic heterocycles. The molecular formula is C27H38N6O2. The van der Waals surface area contributed by atoms with Crippen LogP contribution in [0.15, 0.2) is 48.7 Å². The average molecular weight is 479 g/mol. The van der Waals surface area contributed by atoms with Crippen LogP contribution in [0.4, 0.5) is 11.5 Å². The number of carbonyl (C=O) groups excluding carboxylic acids is 2. The highest BCUT2D eigenvalue weighted by molar-refractivity contribution is 5.92. The third-order valence-corrected chi connectivity index (χ3v) is 7.04. The number of hydrogen-bond acceptors (Lipinski definition) is 6. The van der Waals surface area contributed by atoms with Crippen LogP contribution in [-0.2, 0) is 16.1 Å². The van der Waals surface area contributed by atoms with E-state index in [4.69, 9.17) is 0 Å². The van der Waals surface area contributed by atoms with Crippen molar-refractivity contribution in [1.82, 2.24) is 19.7 Å². The first kappa shape index (κ1) is 25.1. The predicted molar refractivity (Wildman–Crippen MR) is 140 cm³/mol. The van der Waals surface area contributed by atoms with Crippen molar-refractivity contribution in [2.45, 2.75) is 26.3 Å². The summed E-state index contributed by atoms with van der Waals surface area (Å²) < 4.78 is 0. The summed E-state index contributed by atoms with van der Waals surface area (Å²) in [5.74, 6) is 1.24. The lowest BCUT2D eigenvalue weighted by molar-refractivity contribution is -0.132. The molecule has 0 unspecified atom stereocenters. The van der Waals surface area contributed by atoms with Crippen LogP contribution < -0.4 is 9.80 Å². The number of piperazine rings is 1. The first-order chi connectivity index (χ1) is 17.0. The van der Waals surface area contributed by atoms with Gasteiger partial charge < -0.3 is 19.6 Å². The number of benzene rings is 1. The van der Waals surface area contributed by atoms with Crippen molar-refractivity contribution in [1.29, 1.82) is 0 Å². The van der Waals surface area contributed by atoms with Gasteiger partial charge in [-0.15, -0.1) is 0 Å². The second-order valence-corrected chi connectivity index (χ2v) is 9.54. The van der Waals surface area contributed by atoms with Gasteiger partial charge in [-0.3, -0.25) is 14.5 Å². The molecule has 2 amide bonds. The third-order valence-electron chi connectivity index (χ3n) is 7.04. The minimum atomic E-state index is 0.0436. The molecule has 2 aliphatic rings. The Morgan fingerprint density at radius 3 is 2.40 bits per heavy atom. The van der Waals surface area contributed by atoms with Crippen molar-refractivity contribution in [3.63, 3.8) is 0 Å². The molecule has 1 saturated heterocycles. The average Bonchev–Trinajstić information content (AvgIpc) is 2.91. The number of fused-ring (bicyclic) bond motifs is 1. The van der Waals surface area contributed by atoms with Gasteiger partial charge in [0.15, 0.2) is 0 Å². The predicted octanol–water partition coefficient (Wildman–Crippen LogP) is 2.31. The minimum absolute atomic E-state index is 0.0436. The van der Waals surface area contributed by atoms with Gasteiger partial charge in [-0.1, -0.05) is 24.3 Å². The van der Waals surface area contributed by atoms with Gasteiger partial charge in [0.1, 0.15) is 5.82 Å². The molecular weight excluding hydrogens is 440 g/mol. The number of hydrogen-bond donors (Lipinski definition) is 0. The van der Waals surface area contributed by atoms with Crippen LogP contribution in [0.2, 0.25) is 0 Å². The quantitative estimate of drug-likeness (QED) is 0.672. The second kappa shape index (κ2) is 12.1.